The molecular formula is C23H30FN3O. The minimum absolute atomic E-state index is 0.0736. The Morgan fingerprint density at radius 2 is 1.79 bits per heavy atom. The molecule has 0 radical (unpaired) electrons. The first kappa shape index (κ1) is 20.3. The normalized spacial score (nSPS) is 16.1. The van der Waals surface area contributed by atoms with Gasteiger partial charge in [0.1, 0.15) is 5.82 Å². The van der Waals surface area contributed by atoms with Crippen LogP contribution in [0.25, 0.3) is 0 Å². The second-order valence-corrected chi connectivity index (χ2v) is 7.74. The second kappa shape index (κ2) is 8.74. The molecule has 1 atom stereocenters. The molecular weight excluding hydrogens is 353 g/mol. The first-order valence-electron chi connectivity index (χ1n) is 9.91. The molecule has 1 saturated heterocycles. The van der Waals surface area contributed by atoms with Crippen LogP contribution in [0.4, 0.5) is 10.1 Å². The highest BCUT2D eigenvalue weighted by Gasteiger charge is 2.28. The number of halogens is 1. The minimum atomic E-state index is -0.269. The number of hydrogen-bond acceptors (Lipinski definition) is 3. The zero-order valence-corrected chi connectivity index (χ0v) is 17.3. The Balaban J connectivity index is 1.57. The molecule has 1 aliphatic heterocycles. The summed E-state index contributed by atoms with van der Waals surface area (Å²) in [5.74, 6) is -0.196. The van der Waals surface area contributed by atoms with Crippen molar-refractivity contribution >= 4 is 11.6 Å². The largest absolute Gasteiger partial charge is 0.369 e. The van der Waals surface area contributed by atoms with Crippen molar-refractivity contribution in [2.24, 2.45) is 0 Å². The van der Waals surface area contributed by atoms with Crippen molar-refractivity contribution in [1.82, 2.24) is 9.80 Å². The van der Waals surface area contributed by atoms with Crippen LogP contribution in [-0.4, -0.2) is 55.0 Å². The molecule has 2 aromatic carbocycles. The summed E-state index contributed by atoms with van der Waals surface area (Å²) in [6, 6.07) is 12.7. The van der Waals surface area contributed by atoms with E-state index in [0.29, 0.717) is 6.54 Å². The molecule has 1 fully saturated rings. The van der Waals surface area contributed by atoms with Gasteiger partial charge in [-0.05, 0) is 55.7 Å². The summed E-state index contributed by atoms with van der Waals surface area (Å²) >= 11 is 0. The topological polar surface area (TPSA) is 26.8 Å². The maximum Gasteiger partial charge on any atom is 0.239 e. The molecule has 2 aromatic rings. The SMILES string of the molecule is Cc1cccc(N2CCN(C(C)C(=O)N(C)Cc3cccc(F)c3)CC2)c1C. The molecule has 0 bridgehead atoms. The smallest absolute Gasteiger partial charge is 0.239 e. The lowest BCUT2D eigenvalue weighted by atomic mass is 10.1. The highest BCUT2D eigenvalue weighted by molar-refractivity contribution is 5.81. The van der Waals surface area contributed by atoms with Gasteiger partial charge in [0.25, 0.3) is 0 Å². The first-order chi connectivity index (χ1) is 13.4. The number of aryl methyl sites for hydroxylation is 1. The second-order valence-electron chi connectivity index (χ2n) is 7.74. The van der Waals surface area contributed by atoms with Gasteiger partial charge in [-0.3, -0.25) is 9.69 Å². The van der Waals surface area contributed by atoms with E-state index in [9.17, 15) is 9.18 Å². The number of piperazine rings is 1. The van der Waals surface area contributed by atoms with E-state index < -0.39 is 0 Å². The quantitative estimate of drug-likeness (QED) is 0.789. The predicted molar refractivity (Wildman–Crippen MR) is 112 cm³/mol. The van der Waals surface area contributed by atoms with E-state index in [1.54, 1.807) is 18.0 Å². The molecule has 4 nitrogen and oxygen atoms in total. The van der Waals surface area contributed by atoms with Crippen molar-refractivity contribution in [2.75, 3.05) is 38.1 Å². The third kappa shape index (κ3) is 4.53. The van der Waals surface area contributed by atoms with Gasteiger partial charge < -0.3 is 9.80 Å². The van der Waals surface area contributed by atoms with E-state index in [1.807, 2.05) is 13.0 Å². The Kier molecular flexibility index (Phi) is 6.35. The maximum absolute atomic E-state index is 13.4. The fourth-order valence-corrected chi connectivity index (χ4v) is 3.89. The van der Waals surface area contributed by atoms with Gasteiger partial charge in [-0.25, -0.2) is 4.39 Å². The standard InChI is InChI=1S/C23H30FN3O/c1-17-7-5-10-22(18(17)2)27-13-11-26(12-14-27)19(3)23(28)25(4)16-20-8-6-9-21(24)15-20/h5-10,15,19H,11-14,16H2,1-4H3. The number of likely N-dealkylation sites (N-methyl/N-ethyl adjacent to an activating group) is 1. The zero-order valence-electron chi connectivity index (χ0n) is 17.3. The van der Waals surface area contributed by atoms with Gasteiger partial charge in [0.15, 0.2) is 0 Å². The van der Waals surface area contributed by atoms with Crippen molar-refractivity contribution in [2.45, 2.75) is 33.4 Å². The van der Waals surface area contributed by atoms with Gasteiger partial charge in [-0.2, -0.15) is 0 Å². The van der Waals surface area contributed by atoms with Gasteiger partial charge in [0.05, 0.1) is 6.04 Å². The third-order valence-corrected chi connectivity index (χ3v) is 5.82. The molecule has 0 aromatic heterocycles. The third-order valence-electron chi connectivity index (χ3n) is 5.82. The number of nitrogens with zero attached hydrogens (tertiary/aromatic N) is 3. The van der Waals surface area contributed by atoms with Gasteiger partial charge in [0.2, 0.25) is 5.91 Å². The summed E-state index contributed by atoms with van der Waals surface area (Å²) in [5.41, 5.74) is 4.74. The molecule has 0 spiro atoms. The highest BCUT2D eigenvalue weighted by atomic mass is 19.1. The number of amides is 1. The van der Waals surface area contributed by atoms with Gasteiger partial charge in [0, 0.05) is 45.5 Å². The van der Waals surface area contributed by atoms with Gasteiger partial charge >= 0.3 is 0 Å². The summed E-state index contributed by atoms with van der Waals surface area (Å²) in [6.45, 7) is 10.2. The summed E-state index contributed by atoms with van der Waals surface area (Å²) in [7, 11) is 1.79. The van der Waals surface area contributed by atoms with E-state index in [2.05, 4.69) is 41.8 Å². The molecule has 1 amide bonds. The summed E-state index contributed by atoms with van der Waals surface area (Å²) in [4.78, 5) is 19.2. The molecule has 3 rings (SSSR count). The van der Waals surface area contributed by atoms with Crippen molar-refractivity contribution < 1.29 is 9.18 Å². The van der Waals surface area contributed by atoms with E-state index in [-0.39, 0.29) is 17.8 Å². The van der Waals surface area contributed by atoms with Crippen LogP contribution < -0.4 is 4.90 Å². The van der Waals surface area contributed by atoms with Gasteiger partial charge in [-0.1, -0.05) is 24.3 Å². The predicted octanol–water partition coefficient (Wildman–Crippen LogP) is 3.61. The zero-order chi connectivity index (χ0) is 20.3. The Labute approximate surface area is 167 Å². The fourth-order valence-electron chi connectivity index (χ4n) is 3.89. The van der Waals surface area contributed by atoms with Crippen LogP contribution >= 0.6 is 0 Å². The van der Waals surface area contributed by atoms with Crippen LogP contribution in [0.2, 0.25) is 0 Å². The minimum Gasteiger partial charge on any atom is -0.369 e. The lowest BCUT2D eigenvalue weighted by Gasteiger charge is -2.40. The van der Waals surface area contributed by atoms with Crippen molar-refractivity contribution in [1.29, 1.82) is 0 Å². The summed E-state index contributed by atoms with van der Waals surface area (Å²) < 4.78 is 13.4. The molecule has 1 unspecified atom stereocenters. The molecule has 0 aliphatic carbocycles. The van der Waals surface area contributed by atoms with Crippen LogP contribution in [0.15, 0.2) is 42.5 Å². The Morgan fingerprint density at radius 1 is 1.11 bits per heavy atom. The molecule has 5 heteroatoms. The summed E-state index contributed by atoms with van der Waals surface area (Å²) in [5, 5.41) is 0. The van der Waals surface area contributed by atoms with Crippen LogP contribution in [0.5, 0.6) is 0 Å². The molecule has 28 heavy (non-hydrogen) atoms. The fraction of sp³-hybridized carbons (Fsp3) is 0.435. The van der Waals surface area contributed by atoms with Crippen LogP contribution in [0, 0.1) is 19.7 Å². The first-order valence-corrected chi connectivity index (χ1v) is 9.91. The average Bonchev–Trinajstić information content (AvgIpc) is 2.69. The number of carbonyl (C=O) groups excluding carboxylic acids is 1. The molecule has 1 aliphatic rings. The lowest BCUT2D eigenvalue weighted by Crippen LogP contribution is -2.54. The van der Waals surface area contributed by atoms with E-state index in [4.69, 9.17) is 0 Å². The van der Waals surface area contributed by atoms with Crippen molar-refractivity contribution in [3.8, 4) is 0 Å². The number of anilines is 1. The Bertz CT molecular complexity index is 830. The average molecular weight is 384 g/mol. The molecule has 150 valence electrons. The highest BCUT2D eigenvalue weighted by Crippen LogP contribution is 2.24. The van der Waals surface area contributed by atoms with Crippen LogP contribution in [-0.2, 0) is 11.3 Å². The number of benzene rings is 2. The van der Waals surface area contributed by atoms with Gasteiger partial charge in [-0.15, -0.1) is 0 Å². The van der Waals surface area contributed by atoms with E-state index >= 15 is 0 Å². The van der Waals surface area contributed by atoms with Crippen molar-refractivity contribution in [3.05, 3.63) is 65.0 Å². The van der Waals surface area contributed by atoms with Crippen molar-refractivity contribution in [3.63, 3.8) is 0 Å². The Morgan fingerprint density at radius 3 is 2.46 bits per heavy atom. The summed E-state index contributed by atoms with van der Waals surface area (Å²) in [6.07, 6.45) is 0. The van der Waals surface area contributed by atoms with E-state index in [0.717, 1.165) is 31.7 Å². The number of hydrogen-bond donors (Lipinski definition) is 0. The lowest BCUT2D eigenvalue weighted by molar-refractivity contribution is -0.135. The molecule has 0 saturated carbocycles. The monoisotopic (exact) mass is 383 g/mol. The number of rotatable bonds is 5. The van der Waals surface area contributed by atoms with E-state index in [1.165, 1.54) is 28.9 Å². The Hall–Kier alpha value is -2.40. The molecule has 0 N–H and O–H groups in total. The van der Waals surface area contributed by atoms with Crippen LogP contribution in [0.1, 0.15) is 23.6 Å². The number of carbonyl (C=O) groups is 1. The maximum atomic E-state index is 13.4. The molecule has 1 heterocycles. The van der Waals surface area contributed by atoms with Crippen LogP contribution in [0.3, 0.4) is 0 Å².